The summed E-state index contributed by atoms with van der Waals surface area (Å²) in [5.74, 6) is -0.857. The SMILES string of the molecule is COC(=O)C1(NC(=O)OC(C)(C)C)CC1CO. The smallest absolute Gasteiger partial charge is 0.408 e. The molecule has 2 unspecified atom stereocenters. The van der Waals surface area contributed by atoms with Crippen molar-refractivity contribution in [2.24, 2.45) is 5.92 Å². The van der Waals surface area contributed by atoms with Crippen LogP contribution in [-0.2, 0) is 14.3 Å². The van der Waals surface area contributed by atoms with Gasteiger partial charge < -0.3 is 19.9 Å². The molecule has 1 aliphatic carbocycles. The van der Waals surface area contributed by atoms with Crippen LogP contribution in [-0.4, -0.2) is 42.0 Å². The maximum Gasteiger partial charge on any atom is 0.408 e. The molecule has 0 aliphatic heterocycles. The Morgan fingerprint density at radius 1 is 1.47 bits per heavy atom. The second-order valence-corrected chi connectivity index (χ2v) is 5.17. The van der Waals surface area contributed by atoms with E-state index in [0.29, 0.717) is 6.42 Å². The van der Waals surface area contributed by atoms with E-state index in [9.17, 15) is 9.59 Å². The zero-order valence-electron chi connectivity index (χ0n) is 10.6. The molecule has 1 amide bonds. The summed E-state index contributed by atoms with van der Waals surface area (Å²) in [5.41, 5.74) is -1.75. The number of ether oxygens (including phenoxy) is 2. The highest BCUT2D eigenvalue weighted by molar-refractivity contribution is 5.89. The zero-order chi connectivity index (χ0) is 13.3. The maximum atomic E-state index is 11.6. The molecule has 0 heterocycles. The minimum absolute atomic E-state index is 0.176. The van der Waals surface area contributed by atoms with Crippen LogP contribution >= 0.6 is 0 Å². The van der Waals surface area contributed by atoms with E-state index in [4.69, 9.17) is 9.84 Å². The Morgan fingerprint density at radius 3 is 2.41 bits per heavy atom. The third-order valence-electron chi connectivity index (χ3n) is 2.60. The largest absolute Gasteiger partial charge is 0.467 e. The summed E-state index contributed by atoms with van der Waals surface area (Å²) >= 11 is 0. The van der Waals surface area contributed by atoms with Crippen LogP contribution in [0.1, 0.15) is 27.2 Å². The molecule has 1 aliphatic rings. The van der Waals surface area contributed by atoms with Gasteiger partial charge in [0.25, 0.3) is 0 Å². The molecule has 0 aromatic carbocycles. The minimum atomic E-state index is -1.12. The lowest BCUT2D eigenvalue weighted by atomic mass is 10.2. The number of carbonyl (C=O) groups excluding carboxylic acids is 2. The van der Waals surface area contributed by atoms with Crippen molar-refractivity contribution < 1.29 is 24.2 Å². The Morgan fingerprint density at radius 2 is 2.06 bits per heavy atom. The fourth-order valence-electron chi connectivity index (χ4n) is 1.67. The van der Waals surface area contributed by atoms with E-state index in [1.165, 1.54) is 7.11 Å². The second kappa shape index (κ2) is 4.52. The van der Waals surface area contributed by atoms with Crippen LogP contribution in [0.5, 0.6) is 0 Å². The normalized spacial score (nSPS) is 27.2. The van der Waals surface area contributed by atoms with Crippen molar-refractivity contribution in [3.8, 4) is 0 Å². The fraction of sp³-hybridized carbons (Fsp3) is 0.818. The Hall–Kier alpha value is -1.30. The second-order valence-electron chi connectivity index (χ2n) is 5.17. The van der Waals surface area contributed by atoms with Crippen molar-refractivity contribution in [1.29, 1.82) is 0 Å². The first-order valence-electron chi connectivity index (χ1n) is 5.45. The topological polar surface area (TPSA) is 84.9 Å². The van der Waals surface area contributed by atoms with E-state index in [-0.39, 0.29) is 12.5 Å². The van der Waals surface area contributed by atoms with E-state index in [0.717, 1.165) is 0 Å². The van der Waals surface area contributed by atoms with Crippen LogP contribution in [0.2, 0.25) is 0 Å². The average Bonchev–Trinajstić information content (AvgIpc) is 2.88. The summed E-state index contributed by atoms with van der Waals surface area (Å²) in [6, 6.07) is 0. The number of amides is 1. The average molecular weight is 245 g/mol. The first-order valence-corrected chi connectivity index (χ1v) is 5.45. The lowest BCUT2D eigenvalue weighted by Crippen LogP contribution is -2.47. The van der Waals surface area contributed by atoms with Crippen molar-refractivity contribution in [1.82, 2.24) is 5.32 Å². The number of esters is 1. The first kappa shape index (κ1) is 13.8. The molecule has 6 nitrogen and oxygen atoms in total. The quantitative estimate of drug-likeness (QED) is 0.704. The Bertz CT molecular complexity index is 322. The number of alkyl carbamates (subject to hydrolysis) is 1. The van der Waals surface area contributed by atoms with Crippen molar-refractivity contribution >= 4 is 12.1 Å². The van der Waals surface area contributed by atoms with Crippen LogP contribution in [0, 0.1) is 5.92 Å². The molecular weight excluding hydrogens is 226 g/mol. The molecule has 2 atom stereocenters. The van der Waals surface area contributed by atoms with E-state index in [1.807, 2.05) is 0 Å². The number of hydrogen-bond acceptors (Lipinski definition) is 5. The molecule has 98 valence electrons. The highest BCUT2D eigenvalue weighted by atomic mass is 16.6. The Balaban J connectivity index is 2.64. The molecular formula is C11H19NO5. The summed E-state index contributed by atoms with van der Waals surface area (Å²) in [7, 11) is 1.24. The molecule has 1 rings (SSSR count). The van der Waals surface area contributed by atoms with Gasteiger partial charge in [-0.05, 0) is 27.2 Å². The predicted molar refractivity (Wildman–Crippen MR) is 59.3 cm³/mol. The van der Waals surface area contributed by atoms with Gasteiger partial charge in [0.2, 0.25) is 0 Å². The monoisotopic (exact) mass is 245 g/mol. The molecule has 1 fully saturated rings. The number of rotatable bonds is 3. The number of methoxy groups -OCH3 is 1. The van der Waals surface area contributed by atoms with Gasteiger partial charge in [0.05, 0.1) is 7.11 Å². The lowest BCUT2D eigenvalue weighted by Gasteiger charge is -2.22. The molecule has 2 N–H and O–H groups in total. The molecule has 0 radical (unpaired) electrons. The van der Waals surface area contributed by atoms with E-state index < -0.39 is 23.2 Å². The third-order valence-corrected chi connectivity index (χ3v) is 2.60. The van der Waals surface area contributed by atoms with Crippen LogP contribution in [0.25, 0.3) is 0 Å². The van der Waals surface area contributed by atoms with Crippen molar-refractivity contribution in [3.63, 3.8) is 0 Å². The highest BCUT2D eigenvalue weighted by Crippen LogP contribution is 2.44. The minimum Gasteiger partial charge on any atom is -0.467 e. The number of hydrogen-bond donors (Lipinski definition) is 2. The fourth-order valence-corrected chi connectivity index (χ4v) is 1.67. The van der Waals surface area contributed by atoms with Crippen molar-refractivity contribution in [2.75, 3.05) is 13.7 Å². The molecule has 0 spiro atoms. The van der Waals surface area contributed by atoms with Crippen LogP contribution in [0.4, 0.5) is 4.79 Å². The van der Waals surface area contributed by atoms with Gasteiger partial charge in [-0.3, -0.25) is 0 Å². The molecule has 0 saturated heterocycles. The van der Waals surface area contributed by atoms with Gasteiger partial charge in [-0.25, -0.2) is 9.59 Å². The van der Waals surface area contributed by atoms with Crippen molar-refractivity contribution in [2.45, 2.75) is 38.3 Å². The number of carbonyl (C=O) groups is 2. The summed E-state index contributed by atoms with van der Waals surface area (Å²) in [5, 5.41) is 11.5. The van der Waals surface area contributed by atoms with E-state index in [2.05, 4.69) is 10.1 Å². The Labute approximate surface area is 100 Å². The summed E-state index contributed by atoms with van der Waals surface area (Å²) in [6.07, 6.45) is -0.311. The van der Waals surface area contributed by atoms with E-state index in [1.54, 1.807) is 20.8 Å². The lowest BCUT2D eigenvalue weighted by molar-refractivity contribution is -0.145. The number of aliphatic hydroxyl groups excluding tert-OH is 1. The molecule has 0 aromatic heterocycles. The zero-order valence-corrected chi connectivity index (χ0v) is 10.6. The molecule has 6 heteroatoms. The van der Waals surface area contributed by atoms with E-state index >= 15 is 0 Å². The van der Waals surface area contributed by atoms with Crippen LogP contribution in [0.3, 0.4) is 0 Å². The van der Waals surface area contributed by atoms with Gasteiger partial charge in [-0.2, -0.15) is 0 Å². The van der Waals surface area contributed by atoms with Gasteiger partial charge in [0.15, 0.2) is 0 Å². The van der Waals surface area contributed by atoms with Gasteiger partial charge in [-0.1, -0.05) is 0 Å². The van der Waals surface area contributed by atoms with Gasteiger partial charge >= 0.3 is 12.1 Å². The summed E-state index contributed by atoms with van der Waals surface area (Å²) in [4.78, 5) is 23.1. The van der Waals surface area contributed by atoms with Crippen molar-refractivity contribution in [3.05, 3.63) is 0 Å². The molecule has 0 aromatic rings. The predicted octanol–water partition coefficient (Wildman–Crippen LogP) is 0.435. The third kappa shape index (κ3) is 3.09. The molecule has 1 saturated carbocycles. The maximum absolute atomic E-state index is 11.6. The standard InChI is InChI=1S/C11H19NO5/c1-10(2,3)17-9(15)12-11(8(14)16-4)5-7(11)6-13/h7,13H,5-6H2,1-4H3,(H,12,15). The van der Waals surface area contributed by atoms with Crippen LogP contribution < -0.4 is 5.32 Å². The van der Waals surface area contributed by atoms with Crippen LogP contribution in [0.15, 0.2) is 0 Å². The Kier molecular flexibility index (Phi) is 3.66. The number of nitrogens with one attached hydrogen (secondary N) is 1. The first-order chi connectivity index (χ1) is 7.75. The summed E-state index contributed by atoms with van der Waals surface area (Å²) in [6.45, 7) is 5.01. The van der Waals surface area contributed by atoms with Gasteiger partial charge in [0.1, 0.15) is 11.1 Å². The molecule has 0 bridgehead atoms. The number of aliphatic hydroxyl groups is 1. The highest BCUT2D eigenvalue weighted by Gasteiger charge is 2.62. The summed E-state index contributed by atoms with van der Waals surface area (Å²) < 4.78 is 9.68. The van der Waals surface area contributed by atoms with Gasteiger partial charge in [-0.15, -0.1) is 0 Å². The molecule has 17 heavy (non-hydrogen) atoms. The van der Waals surface area contributed by atoms with Gasteiger partial charge in [0, 0.05) is 12.5 Å².